The van der Waals surface area contributed by atoms with E-state index in [2.05, 4.69) is 58.9 Å². The molecule has 1 aliphatic heterocycles. The predicted molar refractivity (Wildman–Crippen MR) is 118 cm³/mol. The highest BCUT2D eigenvalue weighted by atomic mass is 32.2. The van der Waals surface area contributed by atoms with E-state index in [4.69, 9.17) is 10.8 Å². The van der Waals surface area contributed by atoms with Gasteiger partial charge in [-0.15, -0.1) is 0 Å². The molecular weight excluding hydrogens is 380 g/mol. The minimum Gasteiger partial charge on any atom is -0.480 e. The number of hydrogen-bond acceptors (Lipinski definition) is 4. The van der Waals surface area contributed by atoms with Gasteiger partial charge in [-0.05, 0) is 52.8 Å². The predicted octanol–water partition coefficient (Wildman–Crippen LogP) is 4.41. The Kier molecular flexibility index (Phi) is 6.00. The minimum absolute atomic E-state index is 0.344. The maximum absolute atomic E-state index is 11.0. The summed E-state index contributed by atoms with van der Waals surface area (Å²) in [6.45, 7) is 1.99. The lowest BCUT2D eigenvalue weighted by Gasteiger charge is -2.39. The fraction of sp³-hybridized carbons (Fsp3) is 0.208. The Hall–Kier alpha value is -2.60. The van der Waals surface area contributed by atoms with Crippen molar-refractivity contribution in [1.29, 1.82) is 0 Å². The van der Waals surface area contributed by atoms with Crippen LogP contribution < -0.4 is 5.73 Å². The Morgan fingerprint density at radius 3 is 2.52 bits per heavy atom. The van der Waals surface area contributed by atoms with Crippen LogP contribution in [0.1, 0.15) is 17.0 Å². The molecular formula is C24H24N2O2S. The van der Waals surface area contributed by atoms with Crippen molar-refractivity contribution < 1.29 is 9.90 Å². The number of carboxylic acid groups (broad SMARTS) is 1. The fourth-order valence-corrected chi connectivity index (χ4v) is 4.81. The molecule has 0 saturated carbocycles. The molecule has 3 N–H and O–H groups in total. The van der Waals surface area contributed by atoms with E-state index in [-0.39, 0.29) is 0 Å². The summed E-state index contributed by atoms with van der Waals surface area (Å²) >= 11 is 1.73. The summed E-state index contributed by atoms with van der Waals surface area (Å²) in [5, 5.41) is 9.01. The van der Waals surface area contributed by atoms with Crippen molar-refractivity contribution >= 4 is 17.9 Å². The van der Waals surface area contributed by atoms with Crippen LogP contribution in [-0.2, 0) is 11.2 Å². The number of hydrogen-bond donors (Lipinski definition) is 2. The normalized spacial score (nSPS) is 15.6. The third-order valence-corrected chi connectivity index (χ3v) is 6.26. The number of aliphatic carboxylic acids is 1. The van der Waals surface area contributed by atoms with Crippen LogP contribution in [0.3, 0.4) is 0 Å². The maximum Gasteiger partial charge on any atom is 0.320 e. The molecule has 5 heteroatoms. The lowest BCUT2D eigenvalue weighted by atomic mass is 9.87. The Balaban J connectivity index is 1.40. The molecule has 4 rings (SSSR count). The van der Waals surface area contributed by atoms with Gasteiger partial charge in [-0.1, -0.05) is 66.7 Å². The SMILES string of the molecule is NC(Cc1cccc(SN2CC(c3ccccc3-c3ccccc3)C2)c1)C(=O)O. The van der Waals surface area contributed by atoms with Crippen LogP contribution in [0.2, 0.25) is 0 Å². The third-order valence-electron chi connectivity index (χ3n) is 5.24. The van der Waals surface area contributed by atoms with Gasteiger partial charge in [-0.3, -0.25) is 4.79 Å². The molecule has 0 aliphatic carbocycles. The van der Waals surface area contributed by atoms with Crippen LogP contribution in [0, 0.1) is 0 Å². The summed E-state index contributed by atoms with van der Waals surface area (Å²) in [7, 11) is 0. The van der Waals surface area contributed by atoms with E-state index >= 15 is 0 Å². The lowest BCUT2D eigenvalue weighted by Crippen LogP contribution is -2.40. The second-order valence-electron chi connectivity index (χ2n) is 7.38. The first-order valence-electron chi connectivity index (χ1n) is 9.75. The maximum atomic E-state index is 11.0. The minimum atomic E-state index is -0.967. The zero-order valence-electron chi connectivity index (χ0n) is 16.1. The molecule has 0 spiro atoms. The molecule has 1 fully saturated rings. The van der Waals surface area contributed by atoms with Gasteiger partial charge in [0, 0.05) is 23.9 Å². The molecule has 0 amide bonds. The molecule has 29 heavy (non-hydrogen) atoms. The zero-order chi connectivity index (χ0) is 20.2. The first-order valence-corrected chi connectivity index (χ1v) is 10.5. The van der Waals surface area contributed by atoms with Crippen molar-refractivity contribution in [1.82, 2.24) is 4.31 Å². The molecule has 1 unspecified atom stereocenters. The summed E-state index contributed by atoms with van der Waals surface area (Å²) in [6, 6.07) is 26.3. The number of carbonyl (C=O) groups is 1. The van der Waals surface area contributed by atoms with Gasteiger partial charge in [0.15, 0.2) is 0 Å². The summed E-state index contributed by atoms with van der Waals surface area (Å²) < 4.78 is 2.35. The largest absolute Gasteiger partial charge is 0.480 e. The number of benzene rings is 3. The van der Waals surface area contributed by atoms with Crippen molar-refractivity contribution in [2.45, 2.75) is 23.3 Å². The third kappa shape index (κ3) is 4.70. The Bertz CT molecular complexity index is 987. The van der Waals surface area contributed by atoms with Gasteiger partial charge < -0.3 is 10.8 Å². The van der Waals surface area contributed by atoms with Crippen molar-refractivity contribution in [2.75, 3.05) is 13.1 Å². The summed E-state index contributed by atoms with van der Waals surface area (Å²) in [5.74, 6) is -0.451. The van der Waals surface area contributed by atoms with Crippen LogP contribution in [0.15, 0.2) is 83.8 Å². The first-order chi connectivity index (χ1) is 14.1. The van der Waals surface area contributed by atoms with E-state index in [1.54, 1.807) is 11.9 Å². The second-order valence-corrected chi connectivity index (χ2v) is 8.56. The standard InChI is InChI=1S/C24H24N2O2S/c25-23(24(27)28)14-17-7-6-10-20(13-17)29-26-15-19(16-26)22-12-5-4-11-21(22)18-8-2-1-3-9-18/h1-13,19,23H,14-16,25H2,(H,27,28). The van der Waals surface area contributed by atoms with Gasteiger partial charge in [0.25, 0.3) is 0 Å². The van der Waals surface area contributed by atoms with Gasteiger partial charge in [0.2, 0.25) is 0 Å². The van der Waals surface area contributed by atoms with Crippen LogP contribution >= 0.6 is 11.9 Å². The summed E-state index contributed by atoms with van der Waals surface area (Å²) in [5.41, 5.74) is 10.6. The number of rotatable bonds is 7. The average molecular weight is 405 g/mol. The van der Waals surface area contributed by atoms with E-state index in [1.807, 2.05) is 24.3 Å². The van der Waals surface area contributed by atoms with Crippen LogP contribution in [0.4, 0.5) is 0 Å². The van der Waals surface area contributed by atoms with E-state index in [9.17, 15) is 4.79 Å². The molecule has 148 valence electrons. The Labute approximate surface area is 175 Å². The quantitative estimate of drug-likeness (QED) is 0.571. The van der Waals surface area contributed by atoms with Crippen molar-refractivity contribution in [3.8, 4) is 11.1 Å². The van der Waals surface area contributed by atoms with E-state index in [1.165, 1.54) is 16.7 Å². The lowest BCUT2D eigenvalue weighted by molar-refractivity contribution is -0.138. The van der Waals surface area contributed by atoms with Crippen molar-refractivity contribution in [3.05, 3.63) is 90.0 Å². The molecule has 1 atom stereocenters. The Morgan fingerprint density at radius 2 is 1.76 bits per heavy atom. The van der Waals surface area contributed by atoms with Crippen molar-refractivity contribution in [2.24, 2.45) is 5.73 Å². The highest BCUT2D eigenvalue weighted by Crippen LogP contribution is 2.39. The molecule has 3 aromatic rings. The van der Waals surface area contributed by atoms with Crippen LogP contribution in [0.25, 0.3) is 11.1 Å². The average Bonchev–Trinajstić information content (AvgIpc) is 2.71. The van der Waals surface area contributed by atoms with Crippen molar-refractivity contribution in [3.63, 3.8) is 0 Å². The zero-order valence-corrected chi connectivity index (χ0v) is 16.9. The highest BCUT2D eigenvalue weighted by Gasteiger charge is 2.30. The van der Waals surface area contributed by atoms with E-state index in [0.29, 0.717) is 12.3 Å². The summed E-state index contributed by atoms with van der Waals surface area (Å²) in [6.07, 6.45) is 0.344. The Morgan fingerprint density at radius 1 is 1.03 bits per heavy atom. The van der Waals surface area contributed by atoms with Gasteiger partial charge in [0.05, 0.1) is 0 Å². The molecule has 0 aromatic heterocycles. The van der Waals surface area contributed by atoms with E-state index < -0.39 is 12.0 Å². The van der Waals surface area contributed by atoms with Gasteiger partial charge in [-0.25, -0.2) is 4.31 Å². The molecule has 0 bridgehead atoms. The molecule has 0 radical (unpaired) electrons. The molecule has 1 heterocycles. The number of nitrogens with zero attached hydrogens (tertiary/aromatic N) is 1. The second kappa shape index (κ2) is 8.82. The van der Waals surface area contributed by atoms with Gasteiger partial charge in [0.1, 0.15) is 6.04 Å². The molecule has 1 aliphatic rings. The monoisotopic (exact) mass is 404 g/mol. The molecule has 1 saturated heterocycles. The highest BCUT2D eigenvalue weighted by molar-refractivity contribution is 7.97. The molecule has 3 aromatic carbocycles. The van der Waals surface area contributed by atoms with Gasteiger partial charge in [-0.2, -0.15) is 0 Å². The topological polar surface area (TPSA) is 66.6 Å². The van der Waals surface area contributed by atoms with Crippen LogP contribution in [0.5, 0.6) is 0 Å². The smallest absolute Gasteiger partial charge is 0.320 e. The van der Waals surface area contributed by atoms with Crippen LogP contribution in [-0.4, -0.2) is 34.5 Å². The number of carboxylic acids is 1. The first kappa shape index (κ1) is 19.7. The molecule has 4 nitrogen and oxygen atoms in total. The fourth-order valence-electron chi connectivity index (χ4n) is 3.66. The summed E-state index contributed by atoms with van der Waals surface area (Å²) in [4.78, 5) is 12.1. The van der Waals surface area contributed by atoms with Gasteiger partial charge >= 0.3 is 5.97 Å². The number of nitrogens with two attached hydrogens (primary N) is 1. The van der Waals surface area contributed by atoms with E-state index in [0.717, 1.165) is 23.5 Å².